The first kappa shape index (κ1) is 27.6. The number of ketones is 2. The summed E-state index contributed by atoms with van der Waals surface area (Å²) in [6.07, 6.45) is 3.15. The molecule has 0 heterocycles. The molecule has 138 valence electrons. The zero-order valence-electron chi connectivity index (χ0n) is 15.2. The monoisotopic (exact) mass is 360 g/mol. The van der Waals surface area contributed by atoms with E-state index in [2.05, 4.69) is 23.5 Å². The van der Waals surface area contributed by atoms with Crippen LogP contribution in [0.3, 0.4) is 0 Å². The Morgan fingerprint density at radius 2 is 1.21 bits per heavy atom. The fraction of sp³-hybridized carbons (Fsp3) is 0.750. The largest absolute Gasteiger partial charge is 0.516 e. The normalized spacial score (nSPS) is 11.7. The third-order valence-corrected chi connectivity index (χ3v) is 3.25. The summed E-state index contributed by atoms with van der Waals surface area (Å²) in [4.78, 5) is 41.2. The lowest BCUT2D eigenvalue weighted by Gasteiger charge is -2.01. The van der Waals surface area contributed by atoms with Crippen LogP contribution in [-0.2, 0) is 23.0 Å². The predicted octanol–water partition coefficient (Wildman–Crippen LogP) is 2.26. The minimum Gasteiger partial charge on any atom is -0.516 e. The molecule has 0 aromatic rings. The molecule has 2 N–H and O–H groups in total. The number of hydrogen-bond donors (Lipinski definition) is 2. The predicted molar refractivity (Wildman–Crippen MR) is 90.8 cm³/mol. The van der Waals surface area contributed by atoms with E-state index in [4.69, 9.17) is 14.0 Å². The van der Waals surface area contributed by atoms with Gasteiger partial charge in [-0.05, 0) is 33.1 Å². The van der Waals surface area contributed by atoms with Gasteiger partial charge in [-0.3, -0.25) is 19.2 Å². The smallest absolute Gasteiger partial charge is 0.369 e. The molecule has 2 atom stereocenters. The Balaban J connectivity index is -0.000000282. The summed E-state index contributed by atoms with van der Waals surface area (Å²) in [5.74, 6) is -4.19. The van der Waals surface area contributed by atoms with Gasteiger partial charge in [0.05, 0.1) is 0 Å². The first-order chi connectivity index (χ1) is 11.1. The summed E-state index contributed by atoms with van der Waals surface area (Å²) in [7, 11) is 0. The van der Waals surface area contributed by atoms with Crippen LogP contribution in [0.1, 0.15) is 60.3 Å². The Morgan fingerprint density at radius 3 is 1.25 bits per heavy atom. The molecule has 0 aliphatic rings. The molecule has 0 rings (SSSR count). The summed E-state index contributed by atoms with van der Waals surface area (Å²) in [6.45, 7) is 8.97. The topological polar surface area (TPSA) is 118 Å². The van der Waals surface area contributed by atoms with Gasteiger partial charge >= 0.3 is 28.6 Å². The highest BCUT2D eigenvalue weighted by Gasteiger charge is 2.19. The van der Waals surface area contributed by atoms with Gasteiger partial charge in [-0.25, -0.2) is 0 Å². The van der Waals surface area contributed by atoms with Gasteiger partial charge in [0.25, 0.3) is 0 Å². The fourth-order valence-electron chi connectivity index (χ4n) is 1.50. The van der Waals surface area contributed by atoms with Crippen LogP contribution in [-0.4, -0.2) is 56.9 Å². The highest BCUT2D eigenvalue weighted by atomic mass is 27.1. The Labute approximate surface area is 152 Å². The quantitative estimate of drug-likeness (QED) is 0.368. The Hall–Kier alpha value is -1.23. The molecule has 2 radical (unpaired) electrons. The van der Waals surface area contributed by atoms with Crippen LogP contribution in [0, 0.1) is 11.8 Å². The number of carbonyl (C=O) groups excluding carboxylic acids is 2. The molecule has 7 nitrogen and oxygen atoms in total. The zero-order chi connectivity index (χ0) is 19.7. The summed E-state index contributed by atoms with van der Waals surface area (Å²) in [5, 5.41) is 16.6. The van der Waals surface area contributed by atoms with E-state index in [1.807, 2.05) is 0 Å². The number of rotatable bonds is 9. The number of aliphatic carboxylic acids is 2. The Kier molecular flexibility index (Phi) is 20.8. The van der Waals surface area contributed by atoms with Crippen molar-refractivity contribution in [3.8, 4) is 0 Å². The van der Waals surface area contributed by atoms with Gasteiger partial charge in [0.2, 0.25) is 0 Å². The van der Waals surface area contributed by atoms with Crippen LogP contribution in [0.15, 0.2) is 0 Å². The van der Waals surface area contributed by atoms with Gasteiger partial charge in [-0.2, -0.15) is 0 Å². The van der Waals surface area contributed by atoms with Gasteiger partial charge < -0.3 is 14.0 Å². The van der Waals surface area contributed by atoms with Gasteiger partial charge in [-0.15, -0.1) is 0 Å². The highest BCUT2D eigenvalue weighted by Crippen LogP contribution is 2.03. The minimum atomic E-state index is -1.02. The molecule has 8 heteroatoms. The number of carboxylic acid groups (broad SMARTS) is 2. The van der Waals surface area contributed by atoms with Crippen molar-refractivity contribution in [2.45, 2.75) is 60.3 Å². The lowest BCUT2D eigenvalue weighted by atomic mass is 10.0. The van der Waals surface area contributed by atoms with Crippen molar-refractivity contribution in [2.75, 3.05) is 6.61 Å². The van der Waals surface area contributed by atoms with Gasteiger partial charge in [0, 0.05) is 6.61 Å². The SMILES string of the molecule is CCC(C(C)=O)C(=O)O.CCC(C(C)=O)C(=O)O.CCCC[O][Al]. The molecule has 2 unspecified atom stereocenters. The average molecular weight is 360 g/mol. The van der Waals surface area contributed by atoms with Crippen LogP contribution >= 0.6 is 0 Å². The van der Waals surface area contributed by atoms with E-state index < -0.39 is 23.8 Å². The van der Waals surface area contributed by atoms with E-state index in [-0.39, 0.29) is 11.6 Å². The first-order valence-corrected chi connectivity index (χ1v) is 8.35. The first-order valence-electron chi connectivity index (χ1n) is 7.88. The van der Waals surface area contributed by atoms with Crippen molar-refractivity contribution in [3.63, 3.8) is 0 Å². The zero-order valence-corrected chi connectivity index (χ0v) is 16.4. The number of unbranched alkanes of at least 4 members (excludes halogenated alkanes) is 1. The van der Waals surface area contributed by atoms with Crippen molar-refractivity contribution in [3.05, 3.63) is 0 Å². The third kappa shape index (κ3) is 17.1. The second-order valence-electron chi connectivity index (χ2n) is 5.04. The maximum Gasteiger partial charge on any atom is 0.369 e. The van der Waals surface area contributed by atoms with Crippen molar-refractivity contribution in [1.29, 1.82) is 0 Å². The molecular weight excluding hydrogens is 331 g/mol. The van der Waals surface area contributed by atoms with Crippen molar-refractivity contribution in [1.82, 2.24) is 0 Å². The molecule has 0 aromatic carbocycles. The van der Waals surface area contributed by atoms with Crippen LogP contribution < -0.4 is 0 Å². The summed E-state index contributed by atoms with van der Waals surface area (Å²) >= 11 is 2.23. The van der Waals surface area contributed by atoms with Gasteiger partial charge in [0.15, 0.2) is 0 Å². The summed E-state index contributed by atoms with van der Waals surface area (Å²) in [6, 6.07) is 0. The molecule has 0 aromatic heterocycles. The van der Waals surface area contributed by atoms with E-state index in [0.717, 1.165) is 6.61 Å². The lowest BCUT2D eigenvalue weighted by molar-refractivity contribution is -0.147. The maximum absolute atomic E-state index is 10.4. The van der Waals surface area contributed by atoms with E-state index in [1.165, 1.54) is 26.7 Å². The fourth-order valence-corrected chi connectivity index (χ4v) is 1.67. The molecule has 0 fully saturated rings. The highest BCUT2D eigenvalue weighted by molar-refractivity contribution is 5.98. The van der Waals surface area contributed by atoms with E-state index in [0.29, 0.717) is 12.8 Å². The van der Waals surface area contributed by atoms with E-state index >= 15 is 0 Å². The molecule has 0 saturated carbocycles. The summed E-state index contributed by atoms with van der Waals surface area (Å²) in [5.41, 5.74) is 0. The molecule has 0 amide bonds. The molecule has 0 saturated heterocycles. The van der Waals surface area contributed by atoms with Crippen LogP contribution in [0.5, 0.6) is 0 Å². The van der Waals surface area contributed by atoms with Crippen LogP contribution in [0.2, 0.25) is 0 Å². The number of hydrogen-bond acceptors (Lipinski definition) is 5. The minimum absolute atomic E-state index is 0.273. The van der Waals surface area contributed by atoms with Gasteiger partial charge in [0.1, 0.15) is 23.4 Å². The number of Topliss-reactive ketones (excluding diaryl/α,β-unsaturated/α-hetero) is 2. The average Bonchev–Trinajstić information content (AvgIpc) is 2.46. The summed E-state index contributed by atoms with van der Waals surface area (Å²) < 4.78 is 4.70. The molecule has 0 aliphatic heterocycles. The Morgan fingerprint density at radius 1 is 0.875 bits per heavy atom. The standard InChI is InChI=1S/2C6H10O3.C4H9O.Al/c2*1-3-5(4(2)7)6(8)9;1-2-3-4-5;/h2*5H,3H2,1-2H3,(H,8,9);2-4H2,1H3;/q;;-1;+1. The lowest BCUT2D eigenvalue weighted by Crippen LogP contribution is -2.19. The third-order valence-electron chi connectivity index (χ3n) is 3.01. The second-order valence-corrected chi connectivity index (χ2v) is 5.38. The van der Waals surface area contributed by atoms with Crippen molar-refractivity contribution in [2.24, 2.45) is 11.8 Å². The number of carbonyl (C=O) groups is 4. The molecule has 24 heavy (non-hydrogen) atoms. The molecule has 0 spiro atoms. The number of carboxylic acids is 2. The van der Waals surface area contributed by atoms with Gasteiger partial charge in [-0.1, -0.05) is 27.2 Å². The maximum atomic E-state index is 10.4. The Bertz CT molecular complexity index is 319. The van der Waals surface area contributed by atoms with E-state index in [9.17, 15) is 19.2 Å². The van der Waals surface area contributed by atoms with E-state index in [1.54, 1.807) is 13.8 Å². The second kappa shape index (κ2) is 18.1. The molecular formula is C16H29AlO7. The molecule has 0 aliphatic carbocycles. The van der Waals surface area contributed by atoms with Crippen LogP contribution in [0.25, 0.3) is 0 Å². The molecule has 0 bridgehead atoms. The van der Waals surface area contributed by atoms with Crippen LogP contribution in [0.4, 0.5) is 0 Å². The van der Waals surface area contributed by atoms with Crippen molar-refractivity contribution < 1.29 is 33.2 Å². The van der Waals surface area contributed by atoms with Crippen molar-refractivity contribution >= 4 is 40.1 Å².